The molecule has 1 amide bonds. The van der Waals surface area contributed by atoms with Crippen molar-refractivity contribution in [2.24, 2.45) is 0 Å². The third kappa shape index (κ3) is 2.56. The van der Waals surface area contributed by atoms with E-state index < -0.39 is 0 Å². The van der Waals surface area contributed by atoms with Crippen molar-refractivity contribution in [1.29, 1.82) is 0 Å². The van der Waals surface area contributed by atoms with Crippen LogP contribution < -0.4 is 0 Å². The first kappa shape index (κ1) is 14.6. The monoisotopic (exact) mass is 319 g/mol. The van der Waals surface area contributed by atoms with Crippen molar-refractivity contribution in [2.45, 2.75) is 20.0 Å². The van der Waals surface area contributed by atoms with Gasteiger partial charge in [0.05, 0.1) is 6.54 Å². The average molecular weight is 319 g/mol. The average Bonchev–Trinajstić information content (AvgIpc) is 3.05. The number of carbonyl (C=O) groups excluding carboxylic acids is 1. The van der Waals surface area contributed by atoms with Crippen molar-refractivity contribution in [3.05, 3.63) is 65.7 Å². The van der Waals surface area contributed by atoms with Crippen LogP contribution in [0.4, 0.5) is 0 Å². The second-order valence-corrected chi connectivity index (χ2v) is 5.92. The van der Waals surface area contributed by atoms with Crippen molar-refractivity contribution in [3.8, 4) is 11.4 Å². The molecule has 1 aliphatic heterocycles. The van der Waals surface area contributed by atoms with E-state index in [4.69, 9.17) is 0 Å². The summed E-state index contributed by atoms with van der Waals surface area (Å²) >= 11 is 0. The zero-order valence-corrected chi connectivity index (χ0v) is 13.4. The number of nitrogens with zero attached hydrogens (tertiary/aromatic N) is 5. The third-order valence-corrected chi connectivity index (χ3v) is 4.28. The van der Waals surface area contributed by atoms with E-state index in [9.17, 15) is 4.79 Å². The second-order valence-electron chi connectivity index (χ2n) is 5.92. The Morgan fingerprint density at radius 2 is 1.75 bits per heavy atom. The zero-order chi connectivity index (χ0) is 16.5. The number of aryl methyl sites for hydroxylation is 1. The highest BCUT2D eigenvalue weighted by molar-refractivity contribution is 5.94. The van der Waals surface area contributed by atoms with Crippen LogP contribution in [0, 0.1) is 6.92 Å². The predicted molar refractivity (Wildman–Crippen MR) is 89.2 cm³/mol. The Labute approximate surface area is 139 Å². The number of fused-ring (bicyclic) bond motifs is 1. The molecule has 0 unspecified atom stereocenters. The van der Waals surface area contributed by atoms with Gasteiger partial charge in [-0.15, -0.1) is 10.2 Å². The number of hydrogen-bond acceptors (Lipinski definition) is 4. The molecular weight excluding hydrogens is 302 g/mol. The summed E-state index contributed by atoms with van der Waals surface area (Å²) in [6.45, 7) is 3.83. The van der Waals surface area contributed by atoms with Crippen LogP contribution in [0.1, 0.15) is 21.7 Å². The molecule has 4 rings (SSSR count). The maximum absolute atomic E-state index is 12.7. The first-order valence-corrected chi connectivity index (χ1v) is 7.91. The van der Waals surface area contributed by atoms with Crippen molar-refractivity contribution >= 4 is 5.91 Å². The fourth-order valence-electron chi connectivity index (χ4n) is 2.92. The molecule has 6 heteroatoms. The standard InChI is InChI=1S/C18H17N5O/c1-13-2-4-15(5-3-13)18(24)22-10-11-23-16(12-22)20-21-17(23)14-6-8-19-9-7-14/h2-9H,10-12H2,1H3. The number of rotatable bonds is 2. The molecule has 0 bridgehead atoms. The van der Waals surface area contributed by atoms with Crippen LogP contribution in [0.5, 0.6) is 0 Å². The van der Waals surface area contributed by atoms with Gasteiger partial charge >= 0.3 is 0 Å². The van der Waals surface area contributed by atoms with Gasteiger partial charge < -0.3 is 9.47 Å². The van der Waals surface area contributed by atoms with Crippen molar-refractivity contribution in [3.63, 3.8) is 0 Å². The number of aromatic nitrogens is 4. The Morgan fingerprint density at radius 1 is 1.00 bits per heavy atom. The third-order valence-electron chi connectivity index (χ3n) is 4.28. The van der Waals surface area contributed by atoms with Crippen molar-refractivity contribution in [1.82, 2.24) is 24.6 Å². The van der Waals surface area contributed by atoms with E-state index in [1.165, 1.54) is 0 Å². The van der Waals surface area contributed by atoms with Crippen LogP contribution in [0.25, 0.3) is 11.4 Å². The maximum Gasteiger partial charge on any atom is 0.254 e. The van der Waals surface area contributed by atoms with E-state index in [1.807, 2.05) is 48.2 Å². The van der Waals surface area contributed by atoms with Gasteiger partial charge in [-0.25, -0.2) is 0 Å². The van der Waals surface area contributed by atoms with E-state index in [1.54, 1.807) is 12.4 Å². The number of carbonyl (C=O) groups is 1. The molecule has 0 aliphatic carbocycles. The summed E-state index contributed by atoms with van der Waals surface area (Å²) in [5.74, 6) is 1.68. The van der Waals surface area contributed by atoms with E-state index in [0.717, 1.165) is 22.8 Å². The van der Waals surface area contributed by atoms with Crippen molar-refractivity contribution < 1.29 is 4.79 Å². The van der Waals surface area contributed by atoms with Crippen molar-refractivity contribution in [2.75, 3.05) is 6.54 Å². The van der Waals surface area contributed by atoms with Gasteiger partial charge in [-0.2, -0.15) is 0 Å². The van der Waals surface area contributed by atoms with Crippen LogP contribution in [0.3, 0.4) is 0 Å². The molecule has 0 radical (unpaired) electrons. The fourth-order valence-corrected chi connectivity index (χ4v) is 2.92. The molecule has 0 N–H and O–H groups in total. The fraction of sp³-hybridized carbons (Fsp3) is 0.222. The van der Waals surface area contributed by atoms with Gasteiger partial charge in [0.1, 0.15) is 0 Å². The molecule has 120 valence electrons. The quantitative estimate of drug-likeness (QED) is 0.727. The summed E-state index contributed by atoms with van der Waals surface area (Å²) in [5.41, 5.74) is 2.84. The molecule has 0 fully saturated rings. The SMILES string of the molecule is Cc1ccc(C(=O)N2CCn3c(nnc3-c3ccncc3)C2)cc1. The highest BCUT2D eigenvalue weighted by atomic mass is 16.2. The lowest BCUT2D eigenvalue weighted by molar-refractivity contribution is 0.0708. The molecule has 1 aromatic carbocycles. The van der Waals surface area contributed by atoms with Gasteiger partial charge in [0.2, 0.25) is 0 Å². The summed E-state index contributed by atoms with van der Waals surface area (Å²) in [6, 6.07) is 11.5. The Balaban J connectivity index is 1.58. The topological polar surface area (TPSA) is 63.9 Å². The minimum atomic E-state index is 0.0368. The van der Waals surface area contributed by atoms with E-state index >= 15 is 0 Å². The molecule has 2 aromatic heterocycles. The van der Waals surface area contributed by atoms with Crippen LogP contribution in [-0.2, 0) is 13.1 Å². The number of amides is 1. The van der Waals surface area contributed by atoms with E-state index in [0.29, 0.717) is 25.2 Å². The summed E-state index contributed by atoms with van der Waals surface area (Å²) in [5, 5.41) is 8.57. The van der Waals surface area contributed by atoms with Gasteiger partial charge in [-0.05, 0) is 31.2 Å². The maximum atomic E-state index is 12.7. The molecule has 0 atom stereocenters. The first-order chi connectivity index (χ1) is 11.7. The molecule has 6 nitrogen and oxygen atoms in total. The second kappa shape index (κ2) is 5.88. The molecule has 3 heterocycles. The van der Waals surface area contributed by atoms with Crippen LogP contribution in [0.15, 0.2) is 48.8 Å². The summed E-state index contributed by atoms with van der Waals surface area (Å²) in [4.78, 5) is 18.5. The molecular formula is C18H17N5O. The summed E-state index contributed by atoms with van der Waals surface area (Å²) in [7, 11) is 0. The normalized spacial score (nSPS) is 13.6. The molecule has 0 spiro atoms. The highest BCUT2D eigenvalue weighted by Crippen LogP contribution is 2.22. The predicted octanol–water partition coefficient (Wildman–Crippen LogP) is 2.30. The molecule has 0 saturated heterocycles. The van der Waals surface area contributed by atoms with Gasteiger partial charge in [0, 0.05) is 36.6 Å². The molecule has 3 aromatic rings. The van der Waals surface area contributed by atoms with Gasteiger partial charge in [-0.1, -0.05) is 17.7 Å². The molecule has 1 aliphatic rings. The van der Waals surface area contributed by atoms with E-state index in [2.05, 4.69) is 19.7 Å². The first-order valence-electron chi connectivity index (χ1n) is 7.91. The largest absolute Gasteiger partial charge is 0.329 e. The summed E-state index contributed by atoms with van der Waals surface area (Å²) in [6.07, 6.45) is 3.49. The highest BCUT2D eigenvalue weighted by Gasteiger charge is 2.25. The number of hydrogen-bond donors (Lipinski definition) is 0. The van der Waals surface area contributed by atoms with Crippen LogP contribution in [-0.4, -0.2) is 37.1 Å². The number of benzene rings is 1. The minimum Gasteiger partial charge on any atom is -0.329 e. The Kier molecular flexibility index (Phi) is 3.57. The Morgan fingerprint density at radius 3 is 2.50 bits per heavy atom. The van der Waals surface area contributed by atoms with Crippen LogP contribution in [0.2, 0.25) is 0 Å². The lowest BCUT2D eigenvalue weighted by Crippen LogP contribution is -2.38. The smallest absolute Gasteiger partial charge is 0.254 e. The van der Waals surface area contributed by atoms with Gasteiger partial charge in [-0.3, -0.25) is 9.78 Å². The zero-order valence-electron chi connectivity index (χ0n) is 13.4. The summed E-state index contributed by atoms with van der Waals surface area (Å²) < 4.78 is 2.08. The molecule has 0 saturated carbocycles. The van der Waals surface area contributed by atoms with Gasteiger partial charge in [0.15, 0.2) is 11.6 Å². The van der Waals surface area contributed by atoms with Crippen LogP contribution >= 0.6 is 0 Å². The Hall–Kier alpha value is -3.02. The lowest BCUT2D eigenvalue weighted by atomic mass is 10.1. The minimum absolute atomic E-state index is 0.0368. The molecule has 24 heavy (non-hydrogen) atoms. The Bertz CT molecular complexity index is 870. The van der Waals surface area contributed by atoms with Gasteiger partial charge in [0.25, 0.3) is 5.91 Å². The number of pyridine rings is 1. The lowest BCUT2D eigenvalue weighted by Gasteiger charge is -2.28. The van der Waals surface area contributed by atoms with E-state index in [-0.39, 0.29) is 5.91 Å².